The number of rotatable bonds is 4. The number of aliphatic imine (C=N–C) groups is 1. The Balaban J connectivity index is 2.13. The number of amides is 1. The van der Waals surface area contributed by atoms with E-state index < -0.39 is 17.8 Å². The molecule has 2 aliphatic rings. The molecular formula is C19H21FN2O3S. The van der Waals surface area contributed by atoms with Gasteiger partial charge in [0.25, 0.3) is 0 Å². The number of fused-ring (bicyclic) bond motifs is 1. The molecule has 5 nitrogen and oxygen atoms in total. The van der Waals surface area contributed by atoms with Crippen molar-refractivity contribution in [1.29, 1.82) is 0 Å². The monoisotopic (exact) mass is 376 g/mol. The van der Waals surface area contributed by atoms with Crippen molar-refractivity contribution in [2.45, 2.75) is 51.5 Å². The molecular weight excluding hydrogens is 355 g/mol. The highest BCUT2D eigenvalue weighted by molar-refractivity contribution is 8.15. The van der Waals surface area contributed by atoms with Gasteiger partial charge < -0.3 is 4.74 Å². The number of hydrogen-bond acceptors (Lipinski definition) is 5. The molecule has 0 N–H and O–H groups in total. The summed E-state index contributed by atoms with van der Waals surface area (Å²) in [6.45, 7) is 7.16. The molecule has 1 amide bonds. The van der Waals surface area contributed by atoms with Crippen LogP contribution >= 0.6 is 11.8 Å². The molecule has 0 aliphatic carbocycles. The predicted molar refractivity (Wildman–Crippen MR) is 99.0 cm³/mol. The highest BCUT2D eigenvalue weighted by Crippen LogP contribution is 2.44. The van der Waals surface area contributed by atoms with Gasteiger partial charge in [0.15, 0.2) is 5.17 Å². The summed E-state index contributed by atoms with van der Waals surface area (Å²) in [5, 5.41) is 0.299. The van der Waals surface area contributed by atoms with E-state index >= 15 is 0 Å². The Morgan fingerprint density at radius 3 is 2.77 bits per heavy atom. The number of allylic oxidation sites excluding steroid dienone is 1. The fraction of sp³-hybridized carbons (Fsp3) is 0.421. The molecule has 2 atom stereocenters. The number of carbonyl (C=O) groups excluding carboxylic acids is 2. The maximum absolute atomic E-state index is 13.9. The highest BCUT2D eigenvalue weighted by atomic mass is 32.2. The minimum absolute atomic E-state index is 0.118. The van der Waals surface area contributed by atoms with Gasteiger partial charge in [0.05, 0.1) is 28.7 Å². The molecule has 1 saturated heterocycles. The molecule has 1 aromatic rings. The van der Waals surface area contributed by atoms with Crippen LogP contribution in [0.2, 0.25) is 0 Å². The van der Waals surface area contributed by atoms with Crippen molar-refractivity contribution < 1.29 is 18.7 Å². The molecule has 1 fully saturated rings. The van der Waals surface area contributed by atoms with Crippen molar-refractivity contribution in [1.82, 2.24) is 4.90 Å². The molecule has 0 bridgehead atoms. The quantitative estimate of drug-likeness (QED) is 0.750. The Bertz CT molecular complexity index is 819. The lowest BCUT2D eigenvalue weighted by Gasteiger charge is -2.33. The summed E-state index contributed by atoms with van der Waals surface area (Å²) < 4.78 is 19.2. The molecule has 2 heterocycles. The van der Waals surface area contributed by atoms with Gasteiger partial charge in [-0.15, -0.1) is 0 Å². The van der Waals surface area contributed by atoms with Crippen molar-refractivity contribution in [3.63, 3.8) is 0 Å². The van der Waals surface area contributed by atoms with Gasteiger partial charge in [0, 0.05) is 0 Å². The van der Waals surface area contributed by atoms with Crippen LogP contribution in [0, 0.1) is 5.82 Å². The van der Waals surface area contributed by atoms with Crippen LogP contribution in [-0.2, 0) is 14.3 Å². The van der Waals surface area contributed by atoms with Crippen LogP contribution in [0.25, 0.3) is 0 Å². The third-order valence-electron chi connectivity index (χ3n) is 4.25. The first kappa shape index (κ1) is 18.6. The number of nitrogens with zero attached hydrogens (tertiary/aromatic N) is 2. The van der Waals surface area contributed by atoms with Crippen LogP contribution in [0.15, 0.2) is 40.5 Å². The largest absolute Gasteiger partial charge is 0.459 e. The molecule has 26 heavy (non-hydrogen) atoms. The van der Waals surface area contributed by atoms with Crippen molar-refractivity contribution >= 4 is 28.8 Å². The molecule has 7 heteroatoms. The molecule has 0 spiro atoms. The predicted octanol–water partition coefficient (Wildman–Crippen LogP) is 3.82. The lowest BCUT2D eigenvalue weighted by atomic mass is 9.94. The number of thioether (sulfide) groups is 1. The fourth-order valence-corrected chi connectivity index (χ4v) is 4.25. The Hall–Kier alpha value is -2.15. The second kappa shape index (κ2) is 7.23. The van der Waals surface area contributed by atoms with Gasteiger partial charge in [-0.2, -0.15) is 0 Å². The lowest BCUT2D eigenvalue weighted by molar-refractivity contribution is -0.143. The Kier molecular flexibility index (Phi) is 5.18. The maximum Gasteiger partial charge on any atom is 0.338 e. The Labute approximate surface area is 156 Å². The molecule has 138 valence electrons. The summed E-state index contributed by atoms with van der Waals surface area (Å²) in [5.41, 5.74) is 1.30. The van der Waals surface area contributed by atoms with Crippen molar-refractivity contribution in [3.05, 3.63) is 46.9 Å². The van der Waals surface area contributed by atoms with Crippen LogP contribution in [0.1, 0.15) is 45.7 Å². The van der Waals surface area contributed by atoms with Crippen LogP contribution in [0.4, 0.5) is 4.39 Å². The summed E-state index contributed by atoms with van der Waals surface area (Å²) in [6.07, 6.45) is 0.341. The molecule has 0 unspecified atom stereocenters. The van der Waals surface area contributed by atoms with Crippen molar-refractivity contribution in [2.75, 3.05) is 0 Å². The highest BCUT2D eigenvalue weighted by Gasteiger charge is 2.47. The van der Waals surface area contributed by atoms with Gasteiger partial charge in [0.2, 0.25) is 5.91 Å². The maximum atomic E-state index is 13.9. The molecule has 0 aromatic heterocycles. The first-order valence-corrected chi connectivity index (χ1v) is 9.47. The molecule has 3 rings (SSSR count). The molecule has 0 saturated carbocycles. The fourth-order valence-electron chi connectivity index (χ4n) is 3.12. The molecule has 0 radical (unpaired) electrons. The van der Waals surface area contributed by atoms with Crippen LogP contribution in [0.3, 0.4) is 0 Å². The van der Waals surface area contributed by atoms with E-state index in [0.29, 0.717) is 22.8 Å². The molecule has 2 aliphatic heterocycles. The van der Waals surface area contributed by atoms with Crippen molar-refractivity contribution in [3.8, 4) is 0 Å². The van der Waals surface area contributed by atoms with E-state index in [0.717, 1.165) is 0 Å². The number of carbonyl (C=O) groups is 2. The number of amidine groups is 1. The zero-order valence-corrected chi connectivity index (χ0v) is 16.0. The molecule has 1 aromatic carbocycles. The number of hydrogen-bond donors (Lipinski definition) is 0. The summed E-state index contributed by atoms with van der Waals surface area (Å²) in [5.74, 6) is -1.08. The zero-order chi connectivity index (χ0) is 19.0. The van der Waals surface area contributed by atoms with E-state index in [1.165, 1.54) is 28.8 Å². The minimum Gasteiger partial charge on any atom is -0.459 e. The van der Waals surface area contributed by atoms with Crippen LogP contribution < -0.4 is 0 Å². The second-order valence-corrected chi connectivity index (χ2v) is 7.70. The zero-order valence-electron chi connectivity index (χ0n) is 15.2. The number of ether oxygens (including phenoxy) is 1. The third kappa shape index (κ3) is 3.28. The normalized spacial score (nSPS) is 22.6. The van der Waals surface area contributed by atoms with Crippen LogP contribution in [-0.4, -0.2) is 33.3 Å². The van der Waals surface area contributed by atoms with Gasteiger partial charge in [-0.3, -0.25) is 9.69 Å². The van der Waals surface area contributed by atoms with Gasteiger partial charge >= 0.3 is 5.97 Å². The van der Waals surface area contributed by atoms with Gasteiger partial charge in [-0.05, 0) is 44.9 Å². The summed E-state index contributed by atoms with van der Waals surface area (Å²) in [4.78, 5) is 31.6. The number of benzene rings is 1. The second-order valence-electron chi connectivity index (χ2n) is 6.53. The van der Waals surface area contributed by atoms with E-state index in [1.54, 1.807) is 32.9 Å². The van der Waals surface area contributed by atoms with Gasteiger partial charge in [-0.1, -0.05) is 30.8 Å². The van der Waals surface area contributed by atoms with E-state index in [-0.39, 0.29) is 22.8 Å². The Morgan fingerprint density at radius 1 is 1.42 bits per heavy atom. The topological polar surface area (TPSA) is 59.0 Å². The smallest absolute Gasteiger partial charge is 0.338 e. The Morgan fingerprint density at radius 2 is 2.15 bits per heavy atom. The number of esters is 1. The summed E-state index contributed by atoms with van der Waals surface area (Å²) >= 11 is 1.38. The third-order valence-corrected chi connectivity index (χ3v) is 5.57. The average Bonchev–Trinajstić information content (AvgIpc) is 2.88. The van der Waals surface area contributed by atoms with Gasteiger partial charge in [0.1, 0.15) is 5.82 Å². The van der Waals surface area contributed by atoms with Crippen molar-refractivity contribution in [2.24, 2.45) is 4.99 Å². The van der Waals surface area contributed by atoms with Gasteiger partial charge in [-0.25, -0.2) is 14.2 Å². The number of halogens is 1. The SMILES string of the molecule is CC[C@H]1SC2=NC(C)=C(C(=O)OC(C)C)[C@@H](c3cccc(F)c3)N2C1=O. The summed E-state index contributed by atoms with van der Waals surface area (Å²) in [6, 6.07) is 5.23. The van der Waals surface area contributed by atoms with E-state index in [9.17, 15) is 14.0 Å². The van der Waals surface area contributed by atoms with E-state index in [1.807, 2.05) is 6.92 Å². The van der Waals surface area contributed by atoms with E-state index in [4.69, 9.17) is 4.74 Å². The lowest BCUT2D eigenvalue weighted by Crippen LogP contribution is -2.41. The van der Waals surface area contributed by atoms with Crippen LogP contribution in [0.5, 0.6) is 0 Å². The average molecular weight is 376 g/mol. The van der Waals surface area contributed by atoms with E-state index in [2.05, 4.69) is 4.99 Å². The first-order chi connectivity index (χ1) is 12.3. The minimum atomic E-state index is -0.735. The summed E-state index contributed by atoms with van der Waals surface area (Å²) in [7, 11) is 0. The standard InChI is InChI=1S/C19H21FN2O3S/c1-5-14-17(23)22-16(12-7-6-8-13(20)9-12)15(18(24)25-10(2)3)11(4)21-19(22)26-14/h6-10,14,16H,5H2,1-4H3/t14-,16-/m1/s1. The first-order valence-electron chi connectivity index (χ1n) is 8.59.